The van der Waals surface area contributed by atoms with E-state index in [0.717, 1.165) is 0 Å². The monoisotopic (exact) mass is 127 g/mol. The van der Waals surface area contributed by atoms with Gasteiger partial charge in [-0.1, -0.05) is 6.92 Å². The molecule has 0 bridgehead atoms. The molecule has 1 heterocycles. The van der Waals surface area contributed by atoms with Gasteiger partial charge in [-0.2, -0.15) is 0 Å². The first kappa shape index (κ1) is 6.13. The van der Waals surface area contributed by atoms with E-state index in [1.165, 1.54) is 0 Å². The maximum absolute atomic E-state index is 10.5. The summed E-state index contributed by atoms with van der Waals surface area (Å²) in [6.07, 6.45) is 1.55. The Balaban J connectivity index is 2.72. The molecule has 1 amide bonds. The molecule has 0 spiro atoms. The van der Waals surface area contributed by atoms with Crippen molar-refractivity contribution in [1.29, 1.82) is 0 Å². The Labute approximate surface area is 53.4 Å². The molecule has 1 aliphatic rings. The minimum atomic E-state index is -0.367. The highest BCUT2D eigenvalue weighted by atomic mass is 16.3. The maximum Gasteiger partial charge on any atom is 0.285 e. The van der Waals surface area contributed by atoms with Gasteiger partial charge in [-0.05, 0) is 12.0 Å². The molecule has 3 nitrogen and oxygen atoms in total. The van der Waals surface area contributed by atoms with Crippen molar-refractivity contribution in [1.82, 2.24) is 5.32 Å². The van der Waals surface area contributed by atoms with Crippen molar-refractivity contribution in [2.75, 3.05) is 6.54 Å². The van der Waals surface area contributed by atoms with Gasteiger partial charge in [0.25, 0.3) is 5.91 Å². The first-order valence-corrected chi connectivity index (χ1v) is 2.89. The molecule has 1 rings (SSSR count). The molecule has 0 aromatic heterocycles. The van der Waals surface area contributed by atoms with E-state index in [0.29, 0.717) is 6.54 Å². The van der Waals surface area contributed by atoms with Gasteiger partial charge in [0.2, 0.25) is 0 Å². The molecule has 0 aromatic rings. The molecule has 0 radical (unpaired) electrons. The number of rotatable bonds is 0. The van der Waals surface area contributed by atoms with Crippen LogP contribution in [0.1, 0.15) is 6.92 Å². The number of hydrogen-bond donors (Lipinski definition) is 2. The van der Waals surface area contributed by atoms with Crippen molar-refractivity contribution < 1.29 is 9.90 Å². The van der Waals surface area contributed by atoms with Gasteiger partial charge in [0.1, 0.15) is 0 Å². The molecule has 50 valence electrons. The highest BCUT2D eigenvalue weighted by Gasteiger charge is 2.14. The van der Waals surface area contributed by atoms with Crippen LogP contribution in [0.15, 0.2) is 11.8 Å². The van der Waals surface area contributed by atoms with Gasteiger partial charge in [-0.3, -0.25) is 4.79 Å². The van der Waals surface area contributed by atoms with Crippen molar-refractivity contribution in [3.05, 3.63) is 11.8 Å². The molecule has 9 heavy (non-hydrogen) atoms. The van der Waals surface area contributed by atoms with Crippen LogP contribution in [0.4, 0.5) is 0 Å². The summed E-state index contributed by atoms with van der Waals surface area (Å²) in [5.74, 6) is -0.274. The van der Waals surface area contributed by atoms with Gasteiger partial charge in [0.05, 0.1) is 0 Å². The molecular weight excluding hydrogens is 118 g/mol. The molecule has 0 saturated carbocycles. The Morgan fingerprint density at radius 3 is 3.00 bits per heavy atom. The summed E-state index contributed by atoms with van der Waals surface area (Å²) in [6, 6.07) is 0. The van der Waals surface area contributed by atoms with Crippen molar-refractivity contribution in [3.63, 3.8) is 0 Å². The van der Waals surface area contributed by atoms with Gasteiger partial charge < -0.3 is 10.4 Å². The first-order valence-electron chi connectivity index (χ1n) is 2.89. The lowest BCUT2D eigenvalue weighted by Crippen LogP contribution is -2.33. The Hall–Kier alpha value is -0.990. The minimum Gasteiger partial charge on any atom is -0.503 e. The van der Waals surface area contributed by atoms with Crippen LogP contribution in [0, 0.1) is 5.92 Å². The zero-order chi connectivity index (χ0) is 6.85. The average Bonchev–Trinajstić information content (AvgIpc) is 1.80. The molecule has 0 saturated heterocycles. The van der Waals surface area contributed by atoms with Crippen LogP contribution in [0.2, 0.25) is 0 Å². The van der Waals surface area contributed by atoms with Crippen molar-refractivity contribution in [2.45, 2.75) is 6.92 Å². The average molecular weight is 127 g/mol. The number of aliphatic hydroxyl groups excluding tert-OH is 1. The van der Waals surface area contributed by atoms with E-state index in [9.17, 15) is 4.79 Å². The lowest BCUT2D eigenvalue weighted by atomic mass is 10.1. The standard InChI is InChI=1S/C6H9NO2/c1-4-2-5(8)6(9)7-3-4/h2,4,8H,3H2,1H3,(H,7,9). The van der Waals surface area contributed by atoms with Crippen LogP contribution in [0.25, 0.3) is 0 Å². The third kappa shape index (κ3) is 1.22. The lowest BCUT2D eigenvalue weighted by Gasteiger charge is -2.13. The summed E-state index contributed by atoms with van der Waals surface area (Å²) in [7, 11) is 0. The van der Waals surface area contributed by atoms with Crippen LogP contribution in [-0.2, 0) is 4.79 Å². The second kappa shape index (κ2) is 2.09. The van der Waals surface area contributed by atoms with Crippen LogP contribution < -0.4 is 5.32 Å². The summed E-state index contributed by atoms with van der Waals surface area (Å²) in [5, 5.41) is 11.3. The predicted molar refractivity (Wildman–Crippen MR) is 32.9 cm³/mol. The van der Waals surface area contributed by atoms with Crippen molar-refractivity contribution in [2.24, 2.45) is 5.92 Å². The molecule has 0 aliphatic carbocycles. The van der Waals surface area contributed by atoms with Crippen molar-refractivity contribution in [3.8, 4) is 0 Å². The van der Waals surface area contributed by atoms with E-state index in [-0.39, 0.29) is 17.6 Å². The number of nitrogens with one attached hydrogen (secondary N) is 1. The van der Waals surface area contributed by atoms with Gasteiger partial charge >= 0.3 is 0 Å². The maximum atomic E-state index is 10.5. The Kier molecular flexibility index (Phi) is 1.42. The Morgan fingerprint density at radius 2 is 2.56 bits per heavy atom. The third-order valence-electron chi connectivity index (χ3n) is 1.26. The Bertz CT molecular complexity index is 162. The van der Waals surface area contributed by atoms with Gasteiger partial charge in [-0.25, -0.2) is 0 Å². The van der Waals surface area contributed by atoms with E-state index in [2.05, 4.69) is 5.32 Å². The lowest BCUT2D eigenvalue weighted by molar-refractivity contribution is -0.120. The van der Waals surface area contributed by atoms with Gasteiger partial charge in [0.15, 0.2) is 5.76 Å². The minimum absolute atomic E-state index is 0.159. The molecule has 0 aromatic carbocycles. The summed E-state index contributed by atoms with van der Waals surface area (Å²) < 4.78 is 0. The molecular formula is C6H9NO2. The first-order chi connectivity index (χ1) is 4.20. The van der Waals surface area contributed by atoms with E-state index >= 15 is 0 Å². The molecule has 2 N–H and O–H groups in total. The normalized spacial score (nSPS) is 27.0. The van der Waals surface area contributed by atoms with E-state index in [4.69, 9.17) is 5.11 Å². The summed E-state index contributed by atoms with van der Waals surface area (Å²) in [4.78, 5) is 10.5. The number of carbonyl (C=O) groups excluding carboxylic acids is 1. The second-order valence-corrected chi connectivity index (χ2v) is 2.24. The number of hydrogen-bond acceptors (Lipinski definition) is 2. The quantitative estimate of drug-likeness (QED) is 0.488. The van der Waals surface area contributed by atoms with Gasteiger partial charge in [0, 0.05) is 6.54 Å². The summed E-state index contributed by atoms with van der Waals surface area (Å²) in [5.41, 5.74) is 0. The fourth-order valence-electron chi connectivity index (χ4n) is 0.748. The van der Waals surface area contributed by atoms with E-state index in [1.54, 1.807) is 6.08 Å². The van der Waals surface area contributed by atoms with Crippen LogP contribution in [0.5, 0.6) is 0 Å². The van der Waals surface area contributed by atoms with E-state index < -0.39 is 0 Å². The number of carbonyl (C=O) groups is 1. The van der Waals surface area contributed by atoms with Gasteiger partial charge in [-0.15, -0.1) is 0 Å². The smallest absolute Gasteiger partial charge is 0.285 e. The van der Waals surface area contributed by atoms with Crippen LogP contribution in [0.3, 0.4) is 0 Å². The largest absolute Gasteiger partial charge is 0.503 e. The molecule has 1 atom stereocenters. The zero-order valence-corrected chi connectivity index (χ0v) is 5.22. The van der Waals surface area contributed by atoms with Crippen LogP contribution >= 0.6 is 0 Å². The van der Waals surface area contributed by atoms with Crippen LogP contribution in [-0.4, -0.2) is 17.6 Å². The third-order valence-corrected chi connectivity index (χ3v) is 1.26. The predicted octanol–water partition coefficient (Wildman–Crippen LogP) is 0.194. The fourth-order valence-corrected chi connectivity index (χ4v) is 0.748. The molecule has 1 unspecified atom stereocenters. The molecule has 3 heteroatoms. The topological polar surface area (TPSA) is 49.3 Å². The molecule has 0 fully saturated rings. The number of amides is 1. The zero-order valence-electron chi connectivity index (χ0n) is 5.22. The Morgan fingerprint density at radius 1 is 1.89 bits per heavy atom. The molecule has 1 aliphatic heterocycles. The van der Waals surface area contributed by atoms with E-state index in [1.807, 2.05) is 6.92 Å². The highest BCUT2D eigenvalue weighted by Crippen LogP contribution is 2.04. The SMILES string of the molecule is CC1C=C(O)C(=O)NC1. The highest BCUT2D eigenvalue weighted by molar-refractivity contribution is 5.91. The summed E-state index contributed by atoms with van der Waals surface area (Å²) >= 11 is 0. The summed E-state index contributed by atoms with van der Waals surface area (Å²) in [6.45, 7) is 2.55. The second-order valence-electron chi connectivity index (χ2n) is 2.24. The fraction of sp³-hybridized carbons (Fsp3) is 0.500. The number of aliphatic hydroxyl groups is 1. The van der Waals surface area contributed by atoms with Crippen molar-refractivity contribution >= 4 is 5.91 Å².